The second-order valence-electron chi connectivity index (χ2n) is 4.54. The van der Waals surface area contributed by atoms with Gasteiger partial charge in [-0.2, -0.15) is 13.2 Å². The molecule has 1 aliphatic rings. The van der Waals surface area contributed by atoms with Crippen molar-refractivity contribution in [2.45, 2.75) is 25.4 Å². The summed E-state index contributed by atoms with van der Waals surface area (Å²) in [6.07, 6.45) is -1.14. The number of rotatable bonds is 2. The minimum atomic E-state index is -4.32. The first-order valence-corrected chi connectivity index (χ1v) is 6.10. The largest absolute Gasteiger partial charge is 0.417 e. The fourth-order valence-electron chi connectivity index (χ4n) is 2.32. The van der Waals surface area contributed by atoms with Gasteiger partial charge in [0.25, 0.3) is 0 Å². The topological polar surface area (TPSA) is 3.24 Å². The van der Waals surface area contributed by atoms with Crippen molar-refractivity contribution in [1.82, 2.24) is 4.90 Å². The highest BCUT2D eigenvalue weighted by Crippen LogP contribution is 2.35. The molecule has 1 saturated heterocycles. The molecule has 0 bridgehead atoms. The maximum Gasteiger partial charge on any atom is 0.417 e. The van der Waals surface area contributed by atoms with Crippen LogP contribution in [-0.2, 0) is 6.18 Å². The molecule has 1 nitrogen and oxygen atoms in total. The lowest BCUT2D eigenvalue weighted by atomic mass is 10.0. The van der Waals surface area contributed by atoms with Crippen molar-refractivity contribution in [2.75, 3.05) is 13.1 Å². The van der Waals surface area contributed by atoms with Crippen LogP contribution < -0.4 is 0 Å². The summed E-state index contributed by atoms with van der Waals surface area (Å²) in [6.45, 7) is 5.44. The van der Waals surface area contributed by atoms with Crippen LogP contribution in [0.25, 0.3) is 5.70 Å². The highest BCUT2D eigenvalue weighted by molar-refractivity contribution is 5.65. The quantitative estimate of drug-likeness (QED) is 0.767. The molecule has 0 atom stereocenters. The number of hydrogen-bond donors (Lipinski definition) is 0. The van der Waals surface area contributed by atoms with E-state index in [9.17, 15) is 13.2 Å². The first-order valence-electron chi connectivity index (χ1n) is 6.10. The summed E-state index contributed by atoms with van der Waals surface area (Å²) in [5, 5.41) is 0. The van der Waals surface area contributed by atoms with Crippen molar-refractivity contribution < 1.29 is 13.2 Å². The van der Waals surface area contributed by atoms with Crippen molar-refractivity contribution in [3.8, 4) is 0 Å². The van der Waals surface area contributed by atoms with Gasteiger partial charge >= 0.3 is 6.18 Å². The van der Waals surface area contributed by atoms with Gasteiger partial charge in [0.15, 0.2) is 0 Å². The van der Waals surface area contributed by atoms with Crippen LogP contribution in [0.1, 0.15) is 30.4 Å². The molecule has 1 heterocycles. The second kappa shape index (κ2) is 5.04. The third kappa shape index (κ3) is 2.68. The van der Waals surface area contributed by atoms with Crippen molar-refractivity contribution >= 4 is 5.70 Å². The third-order valence-electron chi connectivity index (χ3n) is 3.28. The Morgan fingerprint density at radius 2 is 1.67 bits per heavy atom. The van der Waals surface area contributed by atoms with E-state index in [1.165, 1.54) is 12.1 Å². The molecule has 0 spiro atoms. The van der Waals surface area contributed by atoms with Gasteiger partial charge in [0.2, 0.25) is 0 Å². The number of nitrogens with zero attached hydrogens (tertiary/aromatic N) is 1. The monoisotopic (exact) mass is 255 g/mol. The lowest BCUT2D eigenvalue weighted by molar-refractivity contribution is -0.137. The van der Waals surface area contributed by atoms with Crippen LogP contribution in [0.3, 0.4) is 0 Å². The van der Waals surface area contributed by atoms with Gasteiger partial charge < -0.3 is 4.90 Å². The van der Waals surface area contributed by atoms with E-state index in [4.69, 9.17) is 0 Å². The van der Waals surface area contributed by atoms with Crippen LogP contribution in [-0.4, -0.2) is 18.0 Å². The molecule has 4 heteroatoms. The molecule has 0 amide bonds. The predicted molar refractivity (Wildman–Crippen MR) is 65.9 cm³/mol. The highest BCUT2D eigenvalue weighted by atomic mass is 19.4. The Bertz CT molecular complexity index is 431. The van der Waals surface area contributed by atoms with Crippen LogP contribution >= 0.6 is 0 Å². The number of benzene rings is 1. The number of alkyl halides is 3. The van der Waals surface area contributed by atoms with Crippen LogP contribution in [0.5, 0.6) is 0 Å². The fourth-order valence-corrected chi connectivity index (χ4v) is 2.32. The molecule has 98 valence electrons. The Hall–Kier alpha value is -1.45. The Morgan fingerprint density at radius 1 is 1.06 bits per heavy atom. The SMILES string of the molecule is C=C(c1ccccc1C(F)(F)F)N1CCCCC1. The summed E-state index contributed by atoms with van der Waals surface area (Å²) in [7, 11) is 0. The number of halogens is 3. The first kappa shape index (κ1) is 13.0. The number of likely N-dealkylation sites (tertiary alicyclic amines) is 1. The highest BCUT2D eigenvalue weighted by Gasteiger charge is 2.34. The Balaban J connectivity index is 2.30. The van der Waals surface area contributed by atoms with Gasteiger partial charge in [-0.1, -0.05) is 24.8 Å². The number of hydrogen-bond acceptors (Lipinski definition) is 1. The first-order chi connectivity index (χ1) is 8.50. The molecule has 1 fully saturated rings. The van der Waals surface area contributed by atoms with Crippen LogP contribution in [0.4, 0.5) is 13.2 Å². The van der Waals surface area contributed by atoms with Crippen molar-refractivity contribution in [2.24, 2.45) is 0 Å². The van der Waals surface area contributed by atoms with Gasteiger partial charge in [0.1, 0.15) is 0 Å². The summed E-state index contributed by atoms with van der Waals surface area (Å²) >= 11 is 0. The smallest absolute Gasteiger partial charge is 0.372 e. The van der Waals surface area contributed by atoms with Gasteiger partial charge in [-0.15, -0.1) is 0 Å². The molecule has 1 aromatic rings. The van der Waals surface area contributed by atoms with Gasteiger partial charge in [-0.05, 0) is 25.3 Å². The average Bonchev–Trinajstić information content (AvgIpc) is 2.38. The summed E-state index contributed by atoms with van der Waals surface area (Å²) in [4.78, 5) is 1.95. The maximum absolute atomic E-state index is 12.9. The van der Waals surface area contributed by atoms with E-state index in [1.54, 1.807) is 6.07 Å². The van der Waals surface area contributed by atoms with E-state index in [0.717, 1.165) is 38.4 Å². The van der Waals surface area contributed by atoms with E-state index in [0.29, 0.717) is 5.70 Å². The Kier molecular flexibility index (Phi) is 3.64. The van der Waals surface area contributed by atoms with Gasteiger partial charge in [-0.3, -0.25) is 0 Å². The van der Waals surface area contributed by atoms with Crippen LogP contribution in [0.2, 0.25) is 0 Å². The van der Waals surface area contributed by atoms with E-state index >= 15 is 0 Å². The van der Waals surface area contributed by atoms with Crippen LogP contribution in [0, 0.1) is 0 Å². The molecule has 0 unspecified atom stereocenters. The van der Waals surface area contributed by atoms with E-state index in [-0.39, 0.29) is 5.56 Å². The average molecular weight is 255 g/mol. The van der Waals surface area contributed by atoms with Gasteiger partial charge in [0, 0.05) is 24.4 Å². The molecule has 0 radical (unpaired) electrons. The van der Waals surface area contributed by atoms with E-state index in [2.05, 4.69) is 6.58 Å². The standard InChI is InChI=1S/C14H16F3N/c1-11(18-9-5-2-6-10-18)12-7-3-4-8-13(12)14(15,16)17/h3-4,7-8H,1-2,5-6,9-10H2. The summed E-state index contributed by atoms with van der Waals surface area (Å²) in [5.41, 5.74) is 0.0927. The zero-order valence-electron chi connectivity index (χ0n) is 10.1. The zero-order chi connectivity index (χ0) is 13.2. The molecule has 0 saturated carbocycles. The minimum Gasteiger partial charge on any atom is -0.372 e. The molecule has 0 aliphatic carbocycles. The predicted octanol–water partition coefficient (Wildman–Crippen LogP) is 4.16. The third-order valence-corrected chi connectivity index (χ3v) is 3.28. The molecule has 18 heavy (non-hydrogen) atoms. The lowest BCUT2D eigenvalue weighted by Gasteiger charge is -2.31. The second-order valence-corrected chi connectivity index (χ2v) is 4.54. The lowest BCUT2D eigenvalue weighted by Crippen LogP contribution is -2.28. The minimum absolute atomic E-state index is 0.201. The molecular weight excluding hydrogens is 239 g/mol. The maximum atomic E-state index is 12.9. The summed E-state index contributed by atoms with van der Waals surface area (Å²) < 4.78 is 38.7. The number of piperidine rings is 1. The molecule has 1 aromatic carbocycles. The summed E-state index contributed by atoms with van der Waals surface area (Å²) in [6, 6.07) is 5.65. The van der Waals surface area contributed by atoms with Gasteiger partial charge in [0.05, 0.1) is 5.56 Å². The Labute approximate surface area is 105 Å². The van der Waals surface area contributed by atoms with Crippen molar-refractivity contribution in [3.05, 3.63) is 42.0 Å². The van der Waals surface area contributed by atoms with Gasteiger partial charge in [-0.25, -0.2) is 0 Å². The van der Waals surface area contributed by atoms with Crippen molar-refractivity contribution in [3.63, 3.8) is 0 Å². The summed E-state index contributed by atoms with van der Waals surface area (Å²) in [5.74, 6) is 0. The Morgan fingerprint density at radius 3 is 2.28 bits per heavy atom. The molecule has 0 N–H and O–H groups in total. The molecule has 1 aliphatic heterocycles. The molecule has 2 rings (SSSR count). The van der Waals surface area contributed by atoms with E-state index < -0.39 is 11.7 Å². The normalized spacial score (nSPS) is 16.7. The van der Waals surface area contributed by atoms with Crippen LogP contribution in [0.15, 0.2) is 30.8 Å². The zero-order valence-corrected chi connectivity index (χ0v) is 10.1. The fraction of sp³-hybridized carbons (Fsp3) is 0.429. The molecular formula is C14H16F3N. The van der Waals surface area contributed by atoms with Crippen molar-refractivity contribution in [1.29, 1.82) is 0 Å². The van der Waals surface area contributed by atoms with E-state index in [1.807, 2.05) is 4.90 Å². The molecule has 0 aromatic heterocycles.